The van der Waals surface area contributed by atoms with Crippen LogP contribution in [0.4, 0.5) is 0 Å². The van der Waals surface area contributed by atoms with Gasteiger partial charge in [-0.1, -0.05) is 23.4 Å². The number of aromatic nitrogens is 3. The van der Waals surface area contributed by atoms with Crippen molar-refractivity contribution in [3.8, 4) is 11.4 Å². The van der Waals surface area contributed by atoms with E-state index in [0.717, 1.165) is 29.4 Å². The topological polar surface area (TPSA) is 71.3 Å². The Labute approximate surface area is 179 Å². The van der Waals surface area contributed by atoms with Crippen LogP contribution in [-0.2, 0) is 16.1 Å². The first-order valence-corrected chi connectivity index (χ1v) is 11.3. The Morgan fingerprint density at radius 3 is 2.34 bits per heavy atom. The molecule has 2 aliphatic rings. The molecular formula is C20H24ClN5O2S. The first-order valence-electron chi connectivity index (χ1n) is 9.95. The first kappa shape index (κ1) is 20.2. The highest BCUT2D eigenvalue weighted by Gasteiger charge is 2.35. The highest BCUT2D eigenvalue weighted by molar-refractivity contribution is 7.99. The summed E-state index contributed by atoms with van der Waals surface area (Å²) < 4.78 is 2.01. The third-order valence-electron chi connectivity index (χ3n) is 5.33. The largest absolute Gasteiger partial charge is 0.339 e. The monoisotopic (exact) mass is 433 g/mol. The first-order chi connectivity index (χ1) is 14.1. The van der Waals surface area contributed by atoms with E-state index in [1.54, 1.807) is 0 Å². The van der Waals surface area contributed by atoms with Crippen molar-refractivity contribution in [1.29, 1.82) is 0 Å². The predicted octanol–water partition coefficient (Wildman–Crippen LogP) is 2.79. The lowest BCUT2D eigenvalue weighted by atomic mass is 10.2. The minimum absolute atomic E-state index is 0.0761. The number of nitrogens with zero attached hydrogens (tertiary/aromatic N) is 5. The van der Waals surface area contributed by atoms with Crippen molar-refractivity contribution in [3.63, 3.8) is 0 Å². The standard InChI is InChI=1S/C20H24ClN5O2S/c1-2-26-18(14-5-7-16(21)8-6-14)22-23-20(26)29-13-17(27)24-9-11-25(12-10-24)19(28)15-3-4-15/h5-8,15H,2-4,9-13H2,1H3. The Morgan fingerprint density at radius 1 is 1.07 bits per heavy atom. The summed E-state index contributed by atoms with van der Waals surface area (Å²) in [6, 6.07) is 7.49. The minimum Gasteiger partial charge on any atom is -0.339 e. The Kier molecular flexibility index (Phi) is 6.10. The lowest BCUT2D eigenvalue weighted by Crippen LogP contribution is -2.51. The molecule has 2 heterocycles. The van der Waals surface area contributed by atoms with Gasteiger partial charge in [-0.15, -0.1) is 10.2 Å². The summed E-state index contributed by atoms with van der Waals surface area (Å²) in [5, 5.41) is 10.00. The van der Waals surface area contributed by atoms with Crippen molar-refractivity contribution in [2.24, 2.45) is 5.92 Å². The molecule has 2 fully saturated rings. The van der Waals surface area contributed by atoms with Crippen LogP contribution in [0.1, 0.15) is 19.8 Å². The van der Waals surface area contributed by atoms with Crippen LogP contribution in [0.3, 0.4) is 0 Å². The summed E-state index contributed by atoms with van der Waals surface area (Å²) in [7, 11) is 0. The molecule has 1 saturated heterocycles. The van der Waals surface area contributed by atoms with Gasteiger partial charge in [-0.3, -0.25) is 9.59 Å². The maximum absolute atomic E-state index is 12.6. The number of amides is 2. The molecular weight excluding hydrogens is 410 g/mol. The molecule has 0 unspecified atom stereocenters. The van der Waals surface area contributed by atoms with Crippen LogP contribution in [0.2, 0.25) is 5.02 Å². The SMILES string of the molecule is CCn1c(SCC(=O)N2CCN(C(=O)C3CC3)CC2)nnc1-c1ccc(Cl)cc1. The molecule has 4 rings (SSSR count). The molecule has 7 nitrogen and oxygen atoms in total. The van der Waals surface area contributed by atoms with Gasteiger partial charge in [-0.2, -0.15) is 0 Å². The maximum Gasteiger partial charge on any atom is 0.233 e. The molecule has 2 aromatic rings. The second kappa shape index (κ2) is 8.75. The summed E-state index contributed by atoms with van der Waals surface area (Å²) in [4.78, 5) is 28.5. The van der Waals surface area contributed by atoms with Gasteiger partial charge in [0.2, 0.25) is 11.8 Å². The summed E-state index contributed by atoms with van der Waals surface area (Å²) in [5.41, 5.74) is 0.943. The van der Waals surface area contributed by atoms with Crippen molar-refractivity contribution in [1.82, 2.24) is 24.6 Å². The number of hydrogen-bond acceptors (Lipinski definition) is 5. The minimum atomic E-state index is 0.0761. The number of carbonyl (C=O) groups excluding carboxylic acids is 2. The van der Waals surface area contributed by atoms with Crippen molar-refractivity contribution in [2.75, 3.05) is 31.9 Å². The zero-order chi connectivity index (χ0) is 20.4. The van der Waals surface area contributed by atoms with Crippen molar-refractivity contribution >= 4 is 35.2 Å². The quantitative estimate of drug-likeness (QED) is 0.655. The molecule has 0 bridgehead atoms. The lowest BCUT2D eigenvalue weighted by molar-refractivity contribution is -0.139. The van der Waals surface area contributed by atoms with E-state index in [1.807, 2.05) is 45.6 Å². The lowest BCUT2D eigenvalue weighted by Gasteiger charge is -2.34. The summed E-state index contributed by atoms with van der Waals surface area (Å²) >= 11 is 7.38. The van der Waals surface area contributed by atoms with E-state index in [1.165, 1.54) is 11.8 Å². The number of benzene rings is 1. The molecule has 0 spiro atoms. The van der Waals surface area contributed by atoms with Gasteiger partial charge in [-0.25, -0.2) is 0 Å². The Bertz CT molecular complexity index is 889. The van der Waals surface area contributed by atoms with E-state index in [9.17, 15) is 9.59 Å². The number of hydrogen-bond donors (Lipinski definition) is 0. The Balaban J connectivity index is 1.33. The molecule has 0 N–H and O–H groups in total. The average Bonchev–Trinajstić information content (AvgIpc) is 3.52. The third kappa shape index (κ3) is 4.59. The molecule has 1 aromatic heterocycles. The van der Waals surface area contributed by atoms with E-state index >= 15 is 0 Å². The molecule has 154 valence electrons. The number of piperazine rings is 1. The van der Waals surface area contributed by atoms with Crippen molar-refractivity contribution in [2.45, 2.75) is 31.5 Å². The van der Waals surface area contributed by atoms with E-state index in [4.69, 9.17) is 11.6 Å². The highest BCUT2D eigenvalue weighted by Crippen LogP contribution is 2.31. The Hall–Kier alpha value is -2.06. The molecule has 29 heavy (non-hydrogen) atoms. The van der Waals surface area contributed by atoms with Gasteiger partial charge < -0.3 is 14.4 Å². The summed E-state index contributed by atoms with van der Waals surface area (Å²) in [6.45, 7) is 5.23. The maximum atomic E-state index is 12.6. The van der Waals surface area contributed by atoms with Gasteiger partial charge in [0.15, 0.2) is 11.0 Å². The van der Waals surface area contributed by atoms with Crippen molar-refractivity contribution < 1.29 is 9.59 Å². The van der Waals surface area contributed by atoms with Gasteiger partial charge in [0.1, 0.15) is 0 Å². The summed E-state index contributed by atoms with van der Waals surface area (Å²) in [5.74, 6) is 1.66. The smallest absolute Gasteiger partial charge is 0.233 e. The van der Waals surface area contributed by atoms with Crippen molar-refractivity contribution in [3.05, 3.63) is 29.3 Å². The van der Waals surface area contributed by atoms with E-state index in [2.05, 4.69) is 10.2 Å². The normalized spacial score (nSPS) is 16.9. The van der Waals surface area contributed by atoms with Gasteiger partial charge >= 0.3 is 0 Å². The van der Waals surface area contributed by atoms with Crippen LogP contribution in [-0.4, -0.2) is 68.3 Å². The van der Waals surface area contributed by atoms with Gasteiger partial charge in [-0.05, 0) is 44.0 Å². The predicted molar refractivity (Wildman–Crippen MR) is 113 cm³/mol. The molecule has 1 aliphatic carbocycles. The van der Waals surface area contributed by atoms with Crippen LogP contribution in [0.5, 0.6) is 0 Å². The second-order valence-corrected chi connectivity index (χ2v) is 8.71. The number of rotatable bonds is 6. The molecule has 1 aromatic carbocycles. The fourth-order valence-corrected chi connectivity index (χ4v) is 4.51. The molecule has 2 amide bonds. The van der Waals surface area contributed by atoms with E-state index < -0.39 is 0 Å². The van der Waals surface area contributed by atoms with Crippen LogP contribution in [0, 0.1) is 5.92 Å². The Morgan fingerprint density at radius 2 is 1.72 bits per heavy atom. The van der Waals surface area contributed by atoms with Crippen LogP contribution >= 0.6 is 23.4 Å². The number of halogens is 1. The fraction of sp³-hybridized carbons (Fsp3) is 0.500. The molecule has 1 aliphatic heterocycles. The van der Waals surface area contributed by atoms with E-state index in [0.29, 0.717) is 43.5 Å². The van der Waals surface area contributed by atoms with Gasteiger partial charge in [0.25, 0.3) is 0 Å². The highest BCUT2D eigenvalue weighted by atomic mass is 35.5. The third-order valence-corrected chi connectivity index (χ3v) is 6.53. The van der Waals surface area contributed by atoms with Gasteiger partial charge in [0.05, 0.1) is 5.75 Å². The number of carbonyl (C=O) groups is 2. The van der Waals surface area contributed by atoms with Crippen LogP contribution in [0.25, 0.3) is 11.4 Å². The zero-order valence-corrected chi connectivity index (χ0v) is 18.0. The van der Waals surface area contributed by atoms with Crippen LogP contribution in [0.15, 0.2) is 29.4 Å². The molecule has 9 heteroatoms. The molecule has 0 radical (unpaired) electrons. The molecule has 1 saturated carbocycles. The fourth-order valence-electron chi connectivity index (χ4n) is 3.48. The second-order valence-electron chi connectivity index (χ2n) is 7.33. The zero-order valence-electron chi connectivity index (χ0n) is 16.4. The molecule has 0 atom stereocenters. The van der Waals surface area contributed by atoms with Gasteiger partial charge in [0, 0.05) is 49.2 Å². The van der Waals surface area contributed by atoms with E-state index in [-0.39, 0.29) is 17.7 Å². The van der Waals surface area contributed by atoms with Crippen LogP contribution < -0.4 is 0 Å². The summed E-state index contributed by atoms with van der Waals surface area (Å²) in [6.07, 6.45) is 2.04. The average molecular weight is 434 g/mol. The number of thioether (sulfide) groups is 1.